The lowest BCUT2D eigenvalue weighted by atomic mass is 9.69. The number of nitrogens with one attached hydrogen (secondary N) is 1. The summed E-state index contributed by atoms with van der Waals surface area (Å²) in [5, 5.41) is 13.9. The van der Waals surface area contributed by atoms with Gasteiger partial charge in [0.15, 0.2) is 0 Å². The van der Waals surface area contributed by atoms with Crippen LogP contribution < -0.4 is 5.46 Å². The normalized spacial score (nSPS) is 20.5. The number of H-pyrrole nitrogens is 1. The van der Waals surface area contributed by atoms with E-state index in [0.29, 0.717) is 12.4 Å². The van der Waals surface area contributed by atoms with E-state index in [1.807, 2.05) is 24.3 Å². The topological polar surface area (TPSA) is 72.9 Å². The molecule has 2 aromatic rings. The van der Waals surface area contributed by atoms with Crippen molar-refractivity contribution in [3.63, 3.8) is 0 Å². The summed E-state index contributed by atoms with van der Waals surface area (Å²) in [6.07, 6.45) is 0. The van der Waals surface area contributed by atoms with Gasteiger partial charge in [0.2, 0.25) is 5.82 Å². The van der Waals surface area contributed by atoms with Gasteiger partial charge in [-0.1, -0.05) is 38.1 Å². The van der Waals surface area contributed by atoms with Gasteiger partial charge in [0, 0.05) is 17.6 Å². The third kappa shape index (κ3) is 2.58. The molecule has 1 N–H and O–H groups in total. The highest BCUT2D eigenvalue weighted by Gasteiger charge is 2.46. The van der Waals surface area contributed by atoms with Gasteiger partial charge in [-0.25, -0.2) is 0 Å². The van der Waals surface area contributed by atoms with Gasteiger partial charge in [-0.3, -0.25) is 0 Å². The Hall–Kier alpha value is -1.73. The minimum Gasteiger partial charge on any atom is -0.407 e. The van der Waals surface area contributed by atoms with Crippen molar-refractivity contribution < 1.29 is 9.31 Å². The van der Waals surface area contributed by atoms with Crippen LogP contribution in [-0.4, -0.2) is 40.0 Å². The molecule has 3 rings (SSSR count). The molecule has 0 amide bonds. The Morgan fingerprint density at radius 1 is 1.14 bits per heavy atom. The molecule has 21 heavy (non-hydrogen) atoms. The first-order chi connectivity index (χ1) is 9.89. The molecule has 1 fully saturated rings. The summed E-state index contributed by atoms with van der Waals surface area (Å²) in [5.74, 6) is 0.577. The highest BCUT2D eigenvalue weighted by atomic mass is 16.6. The molecule has 1 aliphatic heterocycles. The molecule has 0 atom stereocenters. The van der Waals surface area contributed by atoms with Crippen LogP contribution in [0.5, 0.6) is 0 Å². The van der Waals surface area contributed by atoms with Gasteiger partial charge in [-0.2, -0.15) is 5.21 Å². The molecule has 0 bridgehead atoms. The van der Waals surface area contributed by atoms with E-state index in [9.17, 15) is 0 Å². The van der Waals surface area contributed by atoms with Gasteiger partial charge in [0.1, 0.15) is 0 Å². The number of aromatic nitrogens is 4. The van der Waals surface area contributed by atoms with Crippen molar-refractivity contribution >= 4 is 12.6 Å². The Labute approximate surface area is 124 Å². The van der Waals surface area contributed by atoms with Crippen LogP contribution in [0.4, 0.5) is 0 Å². The number of hydrogen-bond acceptors (Lipinski definition) is 5. The van der Waals surface area contributed by atoms with E-state index in [2.05, 4.69) is 48.3 Å². The first-order valence-electron chi connectivity index (χ1n) is 7.02. The molecule has 1 aromatic carbocycles. The van der Waals surface area contributed by atoms with Crippen LogP contribution in [0.25, 0.3) is 11.4 Å². The van der Waals surface area contributed by atoms with Crippen LogP contribution in [0.15, 0.2) is 24.3 Å². The van der Waals surface area contributed by atoms with Crippen molar-refractivity contribution in [2.45, 2.75) is 33.3 Å². The summed E-state index contributed by atoms with van der Waals surface area (Å²) in [6, 6.07) is 7.84. The highest BCUT2D eigenvalue weighted by Crippen LogP contribution is 2.38. The molecule has 2 heterocycles. The van der Waals surface area contributed by atoms with Crippen LogP contribution >= 0.6 is 0 Å². The first-order valence-corrected chi connectivity index (χ1v) is 7.02. The molecule has 0 aliphatic carbocycles. The summed E-state index contributed by atoms with van der Waals surface area (Å²) in [5.41, 5.74) is 1.63. The van der Waals surface area contributed by atoms with Gasteiger partial charge >= 0.3 is 7.12 Å². The lowest BCUT2D eigenvalue weighted by Crippen LogP contribution is -2.58. The zero-order chi connectivity index (χ0) is 15.1. The number of aromatic amines is 1. The monoisotopic (exact) mass is 286 g/mol. The maximum absolute atomic E-state index is 6.13. The van der Waals surface area contributed by atoms with E-state index in [4.69, 9.17) is 9.31 Å². The second-order valence-corrected chi connectivity index (χ2v) is 6.51. The fourth-order valence-electron chi connectivity index (χ4n) is 2.16. The molecule has 6 nitrogen and oxygen atoms in total. The van der Waals surface area contributed by atoms with Crippen LogP contribution in [0, 0.1) is 5.41 Å². The van der Waals surface area contributed by atoms with Crippen molar-refractivity contribution in [2.75, 3.05) is 6.61 Å². The van der Waals surface area contributed by atoms with Crippen LogP contribution in [0.1, 0.15) is 27.7 Å². The molecule has 0 unspecified atom stereocenters. The minimum atomic E-state index is -0.340. The fraction of sp³-hybridized carbons (Fsp3) is 0.500. The van der Waals surface area contributed by atoms with Crippen LogP contribution in [0.2, 0.25) is 0 Å². The third-order valence-electron chi connectivity index (χ3n) is 4.41. The largest absolute Gasteiger partial charge is 0.494 e. The third-order valence-corrected chi connectivity index (χ3v) is 4.41. The van der Waals surface area contributed by atoms with Crippen molar-refractivity contribution in [2.24, 2.45) is 5.41 Å². The van der Waals surface area contributed by atoms with Crippen LogP contribution in [0.3, 0.4) is 0 Å². The van der Waals surface area contributed by atoms with Gasteiger partial charge in [0.05, 0.1) is 5.60 Å². The van der Waals surface area contributed by atoms with E-state index in [1.54, 1.807) is 0 Å². The molecule has 7 heteroatoms. The summed E-state index contributed by atoms with van der Waals surface area (Å²) in [4.78, 5) is 0. The molecule has 1 aromatic heterocycles. The maximum Gasteiger partial charge on any atom is 0.494 e. The molecule has 0 radical (unpaired) electrons. The summed E-state index contributed by atoms with van der Waals surface area (Å²) >= 11 is 0. The zero-order valence-corrected chi connectivity index (χ0v) is 12.8. The Bertz CT molecular complexity index is 610. The predicted molar refractivity (Wildman–Crippen MR) is 79.9 cm³/mol. The van der Waals surface area contributed by atoms with Gasteiger partial charge in [0.25, 0.3) is 0 Å². The van der Waals surface area contributed by atoms with E-state index in [-0.39, 0.29) is 18.1 Å². The maximum atomic E-state index is 6.13. The van der Waals surface area contributed by atoms with Crippen molar-refractivity contribution in [3.05, 3.63) is 24.3 Å². The zero-order valence-electron chi connectivity index (χ0n) is 12.8. The number of tetrazole rings is 1. The van der Waals surface area contributed by atoms with Crippen molar-refractivity contribution in [3.8, 4) is 11.4 Å². The Morgan fingerprint density at radius 3 is 2.43 bits per heavy atom. The molecule has 1 saturated heterocycles. The quantitative estimate of drug-likeness (QED) is 0.845. The number of benzene rings is 1. The van der Waals surface area contributed by atoms with E-state index in [0.717, 1.165) is 11.0 Å². The number of rotatable bonds is 2. The Balaban J connectivity index is 1.79. The smallest absolute Gasteiger partial charge is 0.407 e. The number of nitrogens with zero attached hydrogens (tertiary/aromatic N) is 3. The van der Waals surface area contributed by atoms with Crippen LogP contribution in [-0.2, 0) is 9.31 Å². The second kappa shape index (κ2) is 4.93. The Morgan fingerprint density at radius 2 is 1.86 bits per heavy atom. The summed E-state index contributed by atoms with van der Waals surface area (Å²) in [6.45, 7) is 9.19. The molecule has 1 aliphatic rings. The lowest BCUT2D eigenvalue weighted by Gasteiger charge is -2.47. The number of hydrogen-bond donors (Lipinski definition) is 1. The average molecular weight is 286 g/mol. The van der Waals surface area contributed by atoms with E-state index in [1.165, 1.54) is 0 Å². The average Bonchev–Trinajstić information content (AvgIpc) is 2.96. The Kier molecular flexibility index (Phi) is 3.34. The minimum absolute atomic E-state index is 0.0198. The van der Waals surface area contributed by atoms with E-state index >= 15 is 0 Å². The lowest BCUT2D eigenvalue weighted by molar-refractivity contribution is -0.0937. The molecule has 0 spiro atoms. The predicted octanol–water partition coefficient (Wildman–Crippen LogP) is 1.41. The first kappa shape index (κ1) is 14.2. The SMILES string of the molecule is CC1(C)COB(c2ccc(-c3nn[nH]n3)cc2)OC1(C)C. The second-order valence-electron chi connectivity index (χ2n) is 6.51. The molecular weight excluding hydrogens is 267 g/mol. The highest BCUT2D eigenvalue weighted by molar-refractivity contribution is 6.61. The summed E-state index contributed by atoms with van der Waals surface area (Å²) < 4.78 is 12.0. The van der Waals surface area contributed by atoms with E-state index < -0.39 is 0 Å². The van der Waals surface area contributed by atoms with Gasteiger partial charge < -0.3 is 9.31 Å². The van der Waals surface area contributed by atoms with Gasteiger partial charge in [-0.15, -0.1) is 10.2 Å². The molecule has 110 valence electrons. The van der Waals surface area contributed by atoms with Crippen molar-refractivity contribution in [1.29, 1.82) is 0 Å². The van der Waals surface area contributed by atoms with Crippen molar-refractivity contribution in [1.82, 2.24) is 20.6 Å². The van der Waals surface area contributed by atoms with Gasteiger partial charge in [-0.05, 0) is 24.5 Å². The standard InChI is InChI=1S/C14H19BN4O2/c1-13(2)9-20-15(21-14(13,3)4)11-7-5-10(6-8-11)12-16-18-19-17-12/h5-8H,9H2,1-4H3,(H,16,17,18,19). The summed E-state index contributed by atoms with van der Waals surface area (Å²) in [7, 11) is -0.340. The molecule has 0 saturated carbocycles. The fourth-order valence-corrected chi connectivity index (χ4v) is 2.16. The molecular formula is C14H19BN4O2.